The highest BCUT2D eigenvalue weighted by Gasteiger charge is 2.07. The lowest BCUT2D eigenvalue weighted by Crippen LogP contribution is -1.87. The Kier molecular flexibility index (Phi) is 2.88. The molecule has 0 saturated carbocycles. The third-order valence-corrected chi connectivity index (χ3v) is 2.84. The molecular formula is C14H14N2O. The van der Waals surface area contributed by atoms with Crippen molar-refractivity contribution in [3.8, 4) is 23.1 Å². The van der Waals surface area contributed by atoms with Gasteiger partial charge >= 0.3 is 0 Å². The first kappa shape index (κ1) is 11.3. The quantitative estimate of drug-likeness (QED) is 0.854. The lowest BCUT2D eigenvalue weighted by molar-refractivity contribution is 0.412. The molecule has 2 rings (SSSR count). The van der Waals surface area contributed by atoms with E-state index in [1.165, 1.54) is 0 Å². The number of rotatable bonds is 2. The van der Waals surface area contributed by atoms with Gasteiger partial charge in [0.05, 0.1) is 12.7 Å². The van der Waals surface area contributed by atoms with Gasteiger partial charge in [-0.15, -0.1) is 0 Å². The largest absolute Gasteiger partial charge is 0.496 e. The Labute approximate surface area is 101 Å². The monoisotopic (exact) mass is 226 g/mol. The number of methoxy groups -OCH3 is 1. The molecule has 0 atom stereocenters. The molecule has 2 aromatic rings. The molecule has 3 nitrogen and oxygen atoms in total. The molecule has 0 amide bonds. The number of benzene rings is 1. The highest BCUT2D eigenvalue weighted by atomic mass is 16.5. The summed E-state index contributed by atoms with van der Waals surface area (Å²) in [4.78, 5) is 3.21. The van der Waals surface area contributed by atoms with E-state index < -0.39 is 0 Å². The third-order valence-electron chi connectivity index (χ3n) is 2.84. The van der Waals surface area contributed by atoms with Crippen LogP contribution in [0.4, 0.5) is 0 Å². The van der Waals surface area contributed by atoms with Gasteiger partial charge in [-0.1, -0.05) is 0 Å². The predicted molar refractivity (Wildman–Crippen MR) is 67.0 cm³/mol. The lowest BCUT2D eigenvalue weighted by atomic mass is 10.1. The van der Waals surface area contributed by atoms with Gasteiger partial charge in [-0.2, -0.15) is 5.26 Å². The molecule has 1 aromatic heterocycles. The zero-order chi connectivity index (χ0) is 12.4. The fraction of sp³-hybridized carbons (Fsp3) is 0.214. The van der Waals surface area contributed by atoms with Gasteiger partial charge in [-0.3, -0.25) is 0 Å². The van der Waals surface area contributed by atoms with Crippen LogP contribution in [0.3, 0.4) is 0 Å². The van der Waals surface area contributed by atoms with Gasteiger partial charge in [0, 0.05) is 11.4 Å². The summed E-state index contributed by atoms with van der Waals surface area (Å²) in [6, 6.07) is 10.0. The van der Waals surface area contributed by atoms with Crippen molar-refractivity contribution in [2.45, 2.75) is 13.8 Å². The number of aromatic amines is 1. The summed E-state index contributed by atoms with van der Waals surface area (Å²) < 4.78 is 5.22. The van der Waals surface area contributed by atoms with E-state index >= 15 is 0 Å². The van der Waals surface area contributed by atoms with Crippen molar-refractivity contribution in [3.63, 3.8) is 0 Å². The smallest absolute Gasteiger partial charge is 0.121 e. The van der Waals surface area contributed by atoms with E-state index in [4.69, 9.17) is 10.00 Å². The van der Waals surface area contributed by atoms with Crippen LogP contribution in [0.1, 0.15) is 16.8 Å². The molecule has 0 radical (unpaired) electrons. The maximum atomic E-state index is 8.93. The molecular weight excluding hydrogens is 212 g/mol. The second-order valence-electron chi connectivity index (χ2n) is 4.02. The lowest BCUT2D eigenvalue weighted by Gasteiger charge is -2.06. The minimum absolute atomic E-state index is 0.688. The topological polar surface area (TPSA) is 48.8 Å². The maximum absolute atomic E-state index is 8.93. The highest BCUT2D eigenvalue weighted by molar-refractivity contribution is 5.65. The number of aromatic nitrogens is 1. The van der Waals surface area contributed by atoms with E-state index in [-0.39, 0.29) is 0 Å². The first-order chi connectivity index (χ1) is 8.15. The van der Waals surface area contributed by atoms with Gasteiger partial charge in [0.25, 0.3) is 0 Å². The van der Waals surface area contributed by atoms with Gasteiger partial charge < -0.3 is 9.72 Å². The van der Waals surface area contributed by atoms with Crippen LogP contribution in [0.5, 0.6) is 5.75 Å². The van der Waals surface area contributed by atoms with Crippen LogP contribution in [0.15, 0.2) is 24.3 Å². The highest BCUT2D eigenvalue weighted by Crippen LogP contribution is 2.26. The Bertz CT molecular complexity index is 591. The molecule has 0 fully saturated rings. The van der Waals surface area contributed by atoms with E-state index in [0.29, 0.717) is 5.56 Å². The molecule has 1 aromatic carbocycles. The molecule has 3 heteroatoms. The van der Waals surface area contributed by atoms with Crippen LogP contribution in [0, 0.1) is 25.2 Å². The number of hydrogen-bond acceptors (Lipinski definition) is 2. The number of nitriles is 1. The summed E-state index contributed by atoms with van der Waals surface area (Å²) in [6.07, 6.45) is 0. The summed E-state index contributed by atoms with van der Waals surface area (Å²) in [5.74, 6) is 0.873. The van der Waals surface area contributed by atoms with Gasteiger partial charge in [0.1, 0.15) is 11.8 Å². The second-order valence-corrected chi connectivity index (χ2v) is 4.02. The molecule has 1 N–H and O–H groups in total. The molecule has 0 unspecified atom stereocenters. The van der Waals surface area contributed by atoms with Crippen molar-refractivity contribution in [1.82, 2.24) is 4.98 Å². The van der Waals surface area contributed by atoms with Crippen molar-refractivity contribution < 1.29 is 4.74 Å². The summed E-state index contributed by atoms with van der Waals surface area (Å²) in [5.41, 5.74) is 4.69. The van der Waals surface area contributed by atoms with Gasteiger partial charge in [-0.25, -0.2) is 0 Å². The van der Waals surface area contributed by atoms with E-state index in [9.17, 15) is 0 Å². The van der Waals surface area contributed by atoms with Crippen molar-refractivity contribution >= 4 is 0 Å². The minimum Gasteiger partial charge on any atom is -0.496 e. The average molecular weight is 226 g/mol. The number of nitrogens with one attached hydrogen (secondary N) is 1. The Morgan fingerprint density at radius 3 is 2.53 bits per heavy atom. The van der Waals surface area contributed by atoms with Crippen LogP contribution in [-0.2, 0) is 0 Å². The SMILES string of the molecule is COc1ccc(-c2cc(C#N)c(C)[nH]2)cc1C. The first-order valence-corrected chi connectivity index (χ1v) is 5.40. The average Bonchev–Trinajstić information content (AvgIpc) is 2.70. The molecule has 0 aliphatic heterocycles. The van der Waals surface area contributed by atoms with Crippen molar-refractivity contribution in [2.75, 3.05) is 7.11 Å². The fourth-order valence-corrected chi connectivity index (χ4v) is 1.88. The third kappa shape index (κ3) is 2.02. The fourth-order valence-electron chi connectivity index (χ4n) is 1.88. The molecule has 0 spiro atoms. The molecule has 0 bridgehead atoms. The van der Waals surface area contributed by atoms with Crippen LogP contribution < -0.4 is 4.74 Å². The Morgan fingerprint density at radius 1 is 1.24 bits per heavy atom. The van der Waals surface area contributed by atoms with E-state index in [0.717, 1.165) is 28.3 Å². The number of ether oxygens (including phenoxy) is 1. The van der Waals surface area contributed by atoms with Gasteiger partial charge in [0.15, 0.2) is 0 Å². The van der Waals surface area contributed by atoms with Crippen molar-refractivity contribution in [3.05, 3.63) is 41.1 Å². The van der Waals surface area contributed by atoms with E-state index in [1.807, 2.05) is 38.1 Å². The number of H-pyrrole nitrogens is 1. The predicted octanol–water partition coefficient (Wildman–Crippen LogP) is 3.18. The maximum Gasteiger partial charge on any atom is 0.121 e. The Balaban J connectivity index is 2.47. The van der Waals surface area contributed by atoms with Gasteiger partial charge in [-0.05, 0) is 49.2 Å². The number of hydrogen-bond donors (Lipinski definition) is 1. The van der Waals surface area contributed by atoms with Crippen LogP contribution >= 0.6 is 0 Å². The molecule has 0 saturated heterocycles. The Morgan fingerprint density at radius 2 is 2.00 bits per heavy atom. The van der Waals surface area contributed by atoms with E-state index in [2.05, 4.69) is 11.1 Å². The zero-order valence-electron chi connectivity index (χ0n) is 10.2. The van der Waals surface area contributed by atoms with Crippen LogP contribution in [0.2, 0.25) is 0 Å². The summed E-state index contributed by atoms with van der Waals surface area (Å²) in [6.45, 7) is 3.90. The van der Waals surface area contributed by atoms with Crippen molar-refractivity contribution in [2.24, 2.45) is 0 Å². The zero-order valence-corrected chi connectivity index (χ0v) is 10.2. The summed E-state index contributed by atoms with van der Waals surface area (Å²) >= 11 is 0. The summed E-state index contributed by atoms with van der Waals surface area (Å²) in [5, 5.41) is 8.93. The normalized spacial score (nSPS) is 10.0. The number of nitrogens with zero attached hydrogens (tertiary/aromatic N) is 1. The minimum atomic E-state index is 0.688. The second kappa shape index (κ2) is 4.34. The van der Waals surface area contributed by atoms with Crippen LogP contribution in [-0.4, -0.2) is 12.1 Å². The summed E-state index contributed by atoms with van der Waals surface area (Å²) in [7, 11) is 1.66. The molecule has 0 aliphatic rings. The molecule has 1 heterocycles. The standard InChI is InChI=1S/C14H14N2O/c1-9-6-11(4-5-14(9)17-3)13-7-12(8-15)10(2)16-13/h4-7,16H,1-3H3. The molecule has 17 heavy (non-hydrogen) atoms. The number of aryl methyl sites for hydroxylation is 2. The van der Waals surface area contributed by atoms with Crippen molar-refractivity contribution in [1.29, 1.82) is 5.26 Å². The molecule has 86 valence electrons. The van der Waals surface area contributed by atoms with Crippen LogP contribution in [0.25, 0.3) is 11.3 Å². The van der Waals surface area contributed by atoms with E-state index in [1.54, 1.807) is 7.11 Å². The van der Waals surface area contributed by atoms with Gasteiger partial charge in [0.2, 0.25) is 0 Å². The Hall–Kier alpha value is -2.21. The molecule has 0 aliphatic carbocycles. The first-order valence-electron chi connectivity index (χ1n) is 5.40.